The van der Waals surface area contributed by atoms with E-state index in [4.69, 9.17) is 9.72 Å². The van der Waals surface area contributed by atoms with E-state index in [-0.39, 0.29) is 40.7 Å². The van der Waals surface area contributed by atoms with E-state index in [2.05, 4.69) is 19.8 Å². The molecule has 2 unspecified atom stereocenters. The first-order chi connectivity index (χ1) is 19.4. The summed E-state index contributed by atoms with van der Waals surface area (Å²) in [6.07, 6.45) is 6.94. The lowest BCUT2D eigenvalue weighted by Gasteiger charge is -2.37. The number of fused-ring (bicyclic) bond motifs is 3. The van der Waals surface area contributed by atoms with Gasteiger partial charge in [0.25, 0.3) is 0 Å². The monoisotopic (exact) mass is 543 g/mol. The SMILES string of the molecule is CC1CC(O)CCN1c1nc(OCC23CCCN2CCC3)nc2c(F)c(-c3cc(O)cc4ccccc34)ncc12. The summed E-state index contributed by atoms with van der Waals surface area (Å²) in [4.78, 5) is 18.6. The van der Waals surface area contributed by atoms with Crippen LogP contribution in [0.2, 0.25) is 0 Å². The molecule has 2 aromatic heterocycles. The fourth-order valence-corrected chi connectivity index (χ4v) is 7.11. The molecular formula is C31H34FN5O3. The maximum absolute atomic E-state index is 16.5. The molecule has 3 saturated heterocycles. The number of aromatic hydroxyl groups is 1. The van der Waals surface area contributed by atoms with E-state index >= 15 is 4.39 Å². The summed E-state index contributed by atoms with van der Waals surface area (Å²) in [6, 6.07) is 10.9. The first-order valence-electron chi connectivity index (χ1n) is 14.3. The van der Waals surface area contributed by atoms with Gasteiger partial charge in [0.2, 0.25) is 0 Å². The number of rotatable bonds is 5. The van der Waals surface area contributed by atoms with E-state index in [0.717, 1.165) is 49.5 Å². The largest absolute Gasteiger partial charge is 0.508 e. The minimum atomic E-state index is -0.576. The standard InChI is InChI=1S/C31H34FN5O3/c1-19-14-21(38)8-13-37(19)29-25-17-33-27(24-16-22(39)15-20-6-2-3-7-23(20)24)26(32)28(25)34-30(35-29)40-18-31-9-4-11-36(31)12-5-10-31/h2-3,6-7,15-17,19,21,38-39H,4-5,8-14,18H2,1H3. The second-order valence-electron chi connectivity index (χ2n) is 11.7. The Bertz CT molecular complexity index is 1590. The first-order valence-corrected chi connectivity index (χ1v) is 14.3. The molecular weight excluding hydrogens is 509 g/mol. The number of phenolic OH excluding ortho intramolecular Hbond substituents is 1. The molecule has 8 nitrogen and oxygen atoms in total. The average Bonchev–Trinajstić information content (AvgIpc) is 3.52. The number of nitrogens with zero attached hydrogens (tertiary/aromatic N) is 5. The zero-order valence-corrected chi connectivity index (χ0v) is 22.7. The van der Waals surface area contributed by atoms with Crippen LogP contribution < -0.4 is 9.64 Å². The maximum atomic E-state index is 16.5. The number of hydrogen-bond acceptors (Lipinski definition) is 8. The Balaban J connectivity index is 1.36. The number of ether oxygens (including phenoxy) is 1. The molecule has 9 heteroatoms. The summed E-state index contributed by atoms with van der Waals surface area (Å²) in [5, 5.41) is 22.7. The molecule has 0 bridgehead atoms. The summed E-state index contributed by atoms with van der Waals surface area (Å²) >= 11 is 0. The Morgan fingerprint density at radius 1 is 1.07 bits per heavy atom. The lowest BCUT2D eigenvalue weighted by molar-refractivity contribution is 0.107. The van der Waals surface area contributed by atoms with Gasteiger partial charge in [0.1, 0.15) is 29.4 Å². The lowest BCUT2D eigenvalue weighted by atomic mass is 9.95. The Morgan fingerprint density at radius 3 is 2.67 bits per heavy atom. The highest BCUT2D eigenvalue weighted by Gasteiger charge is 2.45. The molecule has 208 valence electrons. The Hall–Kier alpha value is -3.56. The molecule has 3 fully saturated rings. The quantitative estimate of drug-likeness (QED) is 0.361. The van der Waals surface area contributed by atoms with Crippen molar-refractivity contribution in [3.63, 3.8) is 0 Å². The van der Waals surface area contributed by atoms with Gasteiger partial charge in [-0.05, 0) is 81.4 Å². The van der Waals surface area contributed by atoms with E-state index in [1.165, 1.54) is 0 Å². The fourth-order valence-electron chi connectivity index (χ4n) is 7.11. The van der Waals surface area contributed by atoms with Gasteiger partial charge in [-0.25, -0.2) is 4.39 Å². The van der Waals surface area contributed by atoms with Gasteiger partial charge in [-0.15, -0.1) is 0 Å². The van der Waals surface area contributed by atoms with Gasteiger partial charge in [0.15, 0.2) is 5.82 Å². The molecule has 2 aromatic carbocycles. The summed E-state index contributed by atoms with van der Waals surface area (Å²) in [7, 11) is 0. The van der Waals surface area contributed by atoms with Crippen molar-refractivity contribution in [3.8, 4) is 23.0 Å². The van der Waals surface area contributed by atoms with Crippen molar-refractivity contribution in [2.75, 3.05) is 31.1 Å². The molecule has 0 radical (unpaired) electrons. The highest BCUT2D eigenvalue weighted by Crippen LogP contribution is 2.40. The summed E-state index contributed by atoms with van der Waals surface area (Å²) in [5.41, 5.74) is 0.763. The Labute approximate surface area is 232 Å². The third-order valence-electron chi connectivity index (χ3n) is 9.15. The first kappa shape index (κ1) is 25.4. The maximum Gasteiger partial charge on any atom is 0.319 e. The van der Waals surface area contributed by atoms with Crippen LogP contribution in [0.15, 0.2) is 42.6 Å². The molecule has 2 atom stereocenters. The number of hydrogen-bond donors (Lipinski definition) is 2. The van der Waals surface area contributed by atoms with Crippen molar-refractivity contribution in [2.45, 2.75) is 63.1 Å². The van der Waals surface area contributed by atoms with Crippen molar-refractivity contribution < 1.29 is 19.3 Å². The number of pyridine rings is 1. The van der Waals surface area contributed by atoms with Gasteiger partial charge in [-0.1, -0.05) is 24.3 Å². The minimum Gasteiger partial charge on any atom is -0.508 e. The molecule has 7 rings (SSSR count). The molecule has 3 aliphatic heterocycles. The Morgan fingerprint density at radius 2 is 1.88 bits per heavy atom. The molecule has 0 saturated carbocycles. The molecule has 4 aromatic rings. The minimum absolute atomic E-state index is 0.00341. The van der Waals surface area contributed by atoms with Crippen LogP contribution in [0.5, 0.6) is 11.8 Å². The number of halogens is 1. The molecule has 0 spiro atoms. The summed E-state index contributed by atoms with van der Waals surface area (Å²) < 4.78 is 22.8. The topological polar surface area (TPSA) is 94.8 Å². The fraction of sp³-hybridized carbons (Fsp3) is 0.452. The van der Waals surface area contributed by atoms with Gasteiger partial charge in [0.05, 0.1) is 17.0 Å². The highest BCUT2D eigenvalue weighted by molar-refractivity contribution is 5.99. The molecule has 0 amide bonds. The van der Waals surface area contributed by atoms with Crippen LogP contribution in [0.1, 0.15) is 45.4 Å². The predicted octanol–water partition coefficient (Wildman–Crippen LogP) is 5.05. The summed E-state index contributed by atoms with van der Waals surface area (Å²) in [6.45, 7) is 5.28. The third kappa shape index (κ3) is 4.23. The predicted molar refractivity (Wildman–Crippen MR) is 152 cm³/mol. The molecule has 0 aliphatic carbocycles. The van der Waals surface area contributed by atoms with E-state index in [1.54, 1.807) is 18.3 Å². The van der Waals surface area contributed by atoms with Crippen molar-refractivity contribution in [2.24, 2.45) is 0 Å². The van der Waals surface area contributed by atoms with Crippen LogP contribution in [0.4, 0.5) is 10.2 Å². The van der Waals surface area contributed by atoms with Crippen LogP contribution in [0.25, 0.3) is 32.9 Å². The van der Waals surface area contributed by atoms with Gasteiger partial charge in [-0.2, -0.15) is 9.97 Å². The molecule has 5 heterocycles. The van der Waals surface area contributed by atoms with E-state index in [0.29, 0.717) is 42.8 Å². The van der Waals surface area contributed by atoms with Gasteiger partial charge >= 0.3 is 6.01 Å². The number of aliphatic hydroxyl groups excluding tert-OH is 1. The molecule has 3 aliphatic rings. The number of benzene rings is 2. The number of aromatic nitrogens is 3. The van der Waals surface area contributed by atoms with Crippen molar-refractivity contribution >= 4 is 27.5 Å². The number of piperidine rings is 1. The molecule has 40 heavy (non-hydrogen) atoms. The smallest absolute Gasteiger partial charge is 0.319 e. The van der Waals surface area contributed by atoms with E-state index in [1.807, 2.05) is 31.2 Å². The van der Waals surface area contributed by atoms with Crippen LogP contribution in [-0.4, -0.2) is 74.0 Å². The van der Waals surface area contributed by atoms with Gasteiger partial charge < -0.3 is 19.8 Å². The number of phenols is 1. The number of aliphatic hydroxyl groups is 1. The van der Waals surface area contributed by atoms with Crippen molar-refractivity contribution in [1.82, 2.24) is 19.9 Å². The second kappa shape index (κ2) is 9.82. The third-order valence-corrected chi connectivity index (χ3v) is 9.15. The van der Waals surface area contributed by atoms with Gasteiger partial charge in [-0.3, -0.25) is 9.88 Å². The van der Waals surface area contributed by atoms with Crippen LogP contribution in [0, 0.1) is 5.82 Å². The zero-order valence-electron chi connectivity index (χ0n) is 22.7. The van der Waals surface area contributed by atoms with Crippen LogP contribution >= 0.6 is 0 Å². The van der Waals surface area contributed by atoms with Crippen LogP contribution in [0.3, 0.4) is 0 Å². The van der Waals surface area contributed by atoms with Gasteiger partial charge in [0, 0.05) is 24.3 Å². The van der Waals surface area contributed by atoms with Crippen molar-refractivity contribution in [1.29, 1.82) is 0 Å². The lowest BCUT2D eigenvalue weighted by Crippen LogP contribution is -2.44. The van der Waals surface area contributed by atoms with E-state index in [9.17, 15) is 10.2 Å². The summed E-state index contributed by atoms with van der Waals surface area (Å²) in [5.74, 6) is 0.0401. The zero-order chi connectivity index (χ0) is 27.4. The van der Waals surface area contributed by atoms with Crippen LogP contribution in [-0.2, 0) is 0 Å². The Kier molecular flexibility index (Phi) is 6.24. The van der Waals surface area contributed by atoms with E-state index < -0.39 is 5.82 Å². The highest BCUT2D eigenvalue weighted by atomic mass is 19.1. The number of anilines is 1. The average molecular weight is 544 g/mol. The normalized spacial score (nSPS) is 22.7. The second-order valence-corrected chi connectivity index (χ2v) is 11.7. The van der Waals surface area contributed by atoms with Crippen molar-refractivity contribution in [3.05, 3.63) is 48.4 Å². The molecule has 2 N–H and O–H groups in total.